The lowest BCUT2D eigenvalue weighted by molar-refractivity contribution is 1.16. The van der Waals surface area contributed by atoms with Crippen molar-refractivity contribution in [2.45, 2.75) is 13.1 Å². The summed E-state index contributed by atoms with van der Waals surface area (Å²) in [6.45, 7) is 2.04. The number of nitrogens with zero attached hydrogens (tertiary/aromatic N) is 1. The standard InChI is InChI=1S/C7H9BN/c1-8-6-7-4-2-3-5-9-7/h2-5H,6H2,1H3. The minimum absolute atomic E-state index is 0.973. The Bertz CT molecular complexity index is 162. The van der Waals surface area contributed by atoms with E-state index in [1.54, 1.807) is 0 Å². The molecule has 0 unspecified atom stereocenters. The Morgan fingerprint density at radius 1 is 1.56 bits per heavy atom. The first-order chi connectivity index (χ1) is 4.43. The Labute approximate surface area is 56.4 Å². The molecule has 1 heterocycles. The highest BCUT2D eigenvalue weighted by atomic mass is 14.6. The summed E-state index contributed by atoms with van der Waals surface area (Å²) >= 11 is 0. The molecule has 1 nitrogen and oxygen atoms in total. The van der Waals surface area contributed by atoms with Gasteiger partial charge in [-0.05, 0) is 18.5 Å². The minimum Gasteiger partial charge on any atom is -0.262 e. The molecule has 0 bridgehead atoms. The lowest BCUT2D eigenvalue weighted by atomic mass is 9.77. The monoisotopic (exact) mass is 118 g/mol. The normalized spacial score (nSPS) is 9.00. The van der Waals surface area contributed by atoms with Gasteiger partial charge >= 0.3 is 0 Å². The summed E-state index contributed by atoms with van der Waals surface area (Å²) in [5.41, 5.74) is 1.14. The van der Waals surface area contributed by atoms with Gasteiger partial charge in [0.1, 0.15) is 7.28 Å². The largest absolute Gasteiger partial charge is 0.262 e. The van der Waals surface area contributed by atoms with E-state index in [4.69, 9.17) is 0 Å². The van der Waals surface area contributed by atoms with Crippen LogP contribution in [0.15, 0.2) is 24.4 Å². The molecule has 0 N–H and O–H groups in total. The molecule has 1 rings (SSSR count). The highest BCUT2D eigenvalue weighted by molar-refractivity contribution is 6.32. The van der Waals surface area contributed by atoms with Gasteiger partial charge in [-0.15, -0.1) is 0 Å². The maximum atomic E-state index is 4.14. The van der Waals surface area contributed by atoms with Gasteiger partial charge in [-0.1, -0.05) is 12.9 Å². The van der Waals surface area contributed by atoms with Crippen molar-refractivity contribution in [1.82, 2.24) is 4.98 Å². The van der Waals surface area contributed by atoms with Gasteiger partial charge in [-0.25, -0.2) is 0 Å². The molecule has 1 radical (unpaired) electrons. The molecule has 0 aliphatic heterocycles. The Morgan fingerprint density at radius 2 is 2.44 bits per heavy atom. The van der Waals surface area contributed by atoms with E-state index in [9.17, 15) is 0 Å². The summed E-state index contributed by atoms with van der Waals surface area (Å²) < 4.78 is 0. The molecule has 0 amide bonds. The van der Waals surface area contributed by atoms with Crippen molar-refractivity contribution in [2.24, 2.45) is 0 Å². The van der Waals surface area contributed by atoms with Gasteiger partial charge in [-0.3, -0.25) is 4.98 Å². The first kappa shape index (κ1) is 6.34. The lowest BCUT2D eigenvalue weighted by Gasteiger charge is -1.91. The van der Waals surface area contributed by atoms with E-state index < -0.39 is 0 Å². The zero-order valence-electron chi connectivity index (χ0n) is 5.54. The number of rotatable bonds is 2. The average molecular weight is 118 g/mol. The fourth-order valence-electron chi connectivity index (χ4n) is 0.728. The third-order valence-corrected chi connectivity index (χ3v) is 1.14. The molecule has 0 aromatic carbocycles. The molecule has 0 aliphatic rings. The van der Waals surface area contributed by atoms with E-state index in [1.165, 1.54) is 0 Å². The third kappa shape index (κ3) is 1.88. The van der Waals surface area contributed by atoms with Crippen LogP contribution in [0.5, 0.6) is 0 Å². The topological polar surface area (TPSA) is 12.9 Å². The van der Waals surface area contributed by atoms with E-state index in [0.29, 0.717) is 0 Å². The fourth-order valence-corrected chi connectivity index (χ4v) is 0.728. The maximum Gasteiger partial charge on any atom is 0.113 e. The Hall–Kier alpha value is -0.785. The summed E-state index contributed by atoms with van der Waals surface area (Å²) in [5, 5.41) is 0. The van der Waals surface area contributed by atoms with Crippen LogP contribution >= 0.6 is 0 Å². The molecular formula is C7H9BN. The first-order valence-corrected chi connectivity index (χ1v) is 3.11. The van der Waals surface area contributed by atoms with Crippen molar-refractivity contribution in [3.05, 3.63) is 30.1 Å². The Kier molecular flexibility index (Phi) is 2.31. The zero-order valence-corrected chi connectivity index (χ0v) is 5.54. The van der Waals surface area contributed by atoms with Crippen LogP contribution in [0.3, 0.4) is 0 Å². The van der Waals surface area contributed by atoms with E-state index in [0.717, 1.165) is 12.0 Å². The molecule has 0 saturated carbocycles. The van der Waals surface area contributed by atoms with Crippen LogP contribution in [-0.2, 0) is 6.32 Å². The number of aromatic nitrogens is 1. The van der Waals surface area contributed by atoms with Gasteiger partial charge < -0.3 is 0 Å². The van der Waals surface area contributed by atoms with E-state index in [2.05, 4.69) is 12.3 Å². The highest BCUT2D eigenvalue weighted by Crippen LogP contribution is 1.91. The number of hydrogen-bond acceptors (Lipinski definition) is 1. The minimum atomic E-state index is 0.973. The van der Waals surface area contributed by atoms with Crippen LogP contribution in [0, 0.1) is 0 Å². The van der Waals surface area contributed by atoms with Crippen LogP contribution in [0.25, 0.3) is 0 Å². The van der Waals surface area contributed by atoms with Crippen LogP contribution in [-0.4, -0.2) is 12.3 Å². The molecular weight excluding hydrogens is 109 g/mol. The molecule has 0 spiro atoms. The van der Waals surface area contributed by atoms with Crippen molar-refractivity contribution in [2.75, 3.05) is 0 Å². The molecule has 0 atom stereocenters. The second-order valence-corrected chi connectivity index (χ2v) is 1.93. The van der Waals surface area contributed by atoms with E-state index >= 15 is 0 Å². The summed E-state index contributed by atoms with van der Waals surface area (Å²) in [5.74, 6) is 0. The summed E-state index contributed by atoms with van der Waals surface area (Å²) in [6, 6.07) is 5.96. The molecule has 45 valence electrons. The molecule has 1 aromatic heterocycles. The predicted octanol–water partition coefficient (Wildman–Crippen LogP) is 1.33. The Balaban J connectivity index is 2.61. The van der Waals surface area contributed by atoms with Crippen LogP contribution in [0.4, 0.5) is 0 Å². The van der Waals surface area contributed by atoms with Gasteiger partial charge in [0, 0.05) is 11.9 Å². The van der Waals surface area contributed by atoms with Gasteiger partial charge in [-0.2, -0.15) is 0 Å². The number of hydrogen-bond donors (Lipinski definition) is 0. The van der Waals surface area contributed by atoms with Crippen LogP contribution < -0.4 is 0 Å². The van der Waals surface area contributed by atoms with Crippen molar-refractivity contribution in [3.63, 3.8) is 0 Å². The van der Waals surface area contributed by atoms with Gasteiger partial charge in [0.2, 0.25) is 0 Å². The van der Waals surface area contributed by atoms with E-state index in [1.807, 2.05) is 31.2 Å². The molecule has 0 saturated heterocycles. The second kappa shape index (κ2) is 3.28. The van der Waals surface area contributed by atoms with Crippen molar-refractivity contribution < 1.29 is 0 Å². The Morgan fingerprint density at radius 3 is 3.00 bits per heavy atom. The van der Waals surface area contributed by atoms with Crippen molar-refractivity contribution >= 4 is 7.28 Å². The zero-order chi connectivity index (χ0) is 6.53. The van der Waals surface area contributed by atoms with Gasteiger partial charge in [0.15, 0.2) is 0 Å². The molecule has 1 aromatic rings. The predicted molar refractivity (Wildman–Crippen MR) is 39.6 cm³/mol. The molecule has 2 heteroatoms. The average Bonchev–Trinajstić information content (AvgIpc) is 1.91. The molecule has 0 fully saturated rings. The number of pyridine rings is 1. The SMILES string of the molecule is C[B]Cc1ccccn1. The maximum absolute atomic E-state index is 4.14. The fraction of sp³-hybridized carbons (Fsp3) is 0.286. The third-order valence-electron chi connectivity index (χ3n) is 1.14. The summed E-state index contributed by atoms with van der Waals surface area (Å²) in [7, 11) is 2.10. The van der Waals surface area contributed by atoms with Crippen LogP contribution in [0.2, 0.25) is 6.82 Å². The van der Waals surface area contributed by atoms with Crippen LogP contribution in [0.1, 0.15) is 5.69 Å². The smallest absolute Gasteiger partial charge is 0.113 e. The van der Waals surface area contributed by atoms with Crippen molar-refractivity contribution in [3.8, 4) is 0 Å². The van der Waals surface area contributed by atoms with E-state index in [-0.39, 0.29) is 0 Å². The summed E-state index contributed by atoms with van der Waals surface area (Å²) in [6.07, 6.45) is 2.79. The van der Waals surface area contributed by atoms with Gasteiger partial charge in [0.25, 0.3) is 0 Å². The van der Waals surface area contributed by atoms with Crippen molar-refractivity contribution in [1.29, 1.82) is 0 Å². The summed E-state index contributed by atoms with van der Waals surface area (Å²) in [4.78, 5) is 4.14. The first-order valence-electron chi connectivity index (χ1n) is 3.11. The van der Waals surface area contributed by atoms with Gasteiger partial charge in [0.05, 0.1) is 0 Å². The second-order valence-electron chi connectivity index (χ2n) is 1.93. The molecule has 9 heavy (non-hydrogen) atoms. The quantitative estimate of drug-likeness (QED) is 0.534. The molecule has 0 aliphatic carbocycles. The highest BCUT2D eigenvalue weighted by Gasteiger charge is 1.87. The lowest BCUT2D eigenvalue weighted by Crippen LogP contribution is -1.92.